The molecule has 2 aromatic carbocycles. The highest BCUT2D eigenvalue weighted by Gasteiger charge is 2.15. The number of amides is 1. The van der Waals surface area contributed by atoms with Crippen molar-refractivity contribution in [1.29, 1.82) is 0 Å². The van der Waals surface area contributed by atoms with E-state index >= 15 is 0 Å². The van der Waals surface area contributed by atoms with Crippen LogP contribution in [0.1, 0.15) is 5.56 Å². The fraction of sp³-hybridized carbons (Fsp3) is 0.105. The van der Waals surface area contributed by atoms with E-state index in [4.69, 9.17) is 27.9 Å². The predicted octanol–water partition coefficient (Wildman–Crippen LogP) is 4.95. The summed E-state index contributed by atoms with van der Waals surface area (Å²) in [5.41, 5.74) is 2.44. The minimum Gasteiger partial charge on any atom is -0.497 e. The molecular weight excluding hydrogens is 419 g/mol. The Morgan fingerprint density at radius 1 is 1.21 bits per heavy atom. The smallest absolute Gasteiger partial charge is 0.250 e. The maximum absolute atomic E-state index is 12.3. The summed E-state index contributed by atoms with van der Waals surface area (Å²) in [5, 5.41) is 10.1. The third-order valence-electron chi connectivity index (χ3n) is 4.06. The maximum Gasteiger partial charge on any atom is 0.250 e. The fourth-order valence-electron chi connectivity index (χ4n) is 2.71. The molecule has 0 fully saturated rings. The second-order valence-electron chi connectivity index (χ2n) is 5.95. The van der Waals surface area contributed by atoms with Gasteiger partial charge in [0.15, 0.2) is 0 Å². The molecule has 0 aliphatic carbocycles. The first-order chi connectivity index (χ1) is 13.5. The molecule has 0 saturated heterocycles. The molecule has 2 aromatic heterocycles. The number of nitrogens with zero attached hydrogens (tertiary/aromatic N) is 3. The zero-order valence-electron chi connectivity index (χ0n) is 14.6. The number of benzene rings is 2. The average Bonchev–Trinajstić information content (AvgIpc) is 3.23. The summed E-state index contributed by atoms with van der Waals surface area (Å²) in [7, 11) is 1.60. The first kappa shape index (κ1) is 18.7. The second kappa shape index (κ2) is 7.79. The lowest BCUT2D eigenvalue weighted by Crippen LogP contribution is -2.15. The Bertz CT molecular complexity index is 1150. The van der Waals surface area contributed by atoms with Crippen LogP contribution < -0.4 is 10.1 Å². The van der Waals surface area contributed by atoms with E-state index < -0.39 is 0 Å². The summed E-state index contributed by atoms with van der Waals surface area (Å²) >= 11 is 13.7. The van der Waals surface area contributed by atoms with Crippen molar-refractivity contribution in [3.8, 4) is 17.0 Å². The number of rotatable bonds is 5. The van der Waals surface area contributed by atoms with Crippen LogP contribution in [0.25, 0.3) is 16.2 Å². The third-order valence-corrected chi connectivity index (χ3v) is 5.43. The van der Waals surface area contributed by atoms with Gasteiger partial charge in [0, 0.05) is 16.0 Å². The standard InChI is InChI=1S/C19H14Cl2N4O2S/c1-27-13-5-2-11(3-6-13)8-17(26)22-18-23-19-25(24-18)16(10-28-19)14-7-4-12(20)9-15(14)21/h2-7,9-10H,8H2,1H3,(H,22,24,26). The number of methoxy groups -OCH3 is 1. The molecule has 1 amide bonds. The molecule has 0 saturated carbocycles. The Hall–Kier alpha value is -2.61. The van der Waals surface area contributed by atoms with Crippen LogP contribution in [0.4, 0.5) is 5.95 Å². The minimum atomic E-state index is -0.200. The van der Waals surface area contributed by atoms with Gasteiger partial charge in [-0.2, -0.15) is 4.98 Å². The molecule has 0 unspecified atom stereocenters. The molecule has 2 heterocycles. The van der Waals surface area contributed by atoms with Gasteiger partial charge < -0.3 is 4.74 Å². The number of ether oxygens (including phenoxy) is 1. The van der Waals surface area contributed by atoms with Gasteiger partial charge in [0.25, 0.3) is 0 Å². The van der Waals surface area contributed by atoms with E-state index in [1.165, 1.54) is 11.3 Å². The Balaban J connectivity index is 1.53. The SMILES string of the molecule is COc1ccc(CC(=O)Nc2nc3scc(-c4ccc(Cl)cc4Cl)n3n2)cc1. The van der Waals surface area contributed by atoms with Crippen molar-refractivity contribution in [2.45, 2.75) is 6.42 Å². The monoisotopic (exact) mass is 432 g/mol. The van der Waals surface area contributed by atoms with E-state index in [1.807, 2.05) is 35.7 Å². The highest BCUT2D eigenvalue weighted by Crippen LogP contribution is 2.33. The summed E-state index contributed by atoms with van der Waals surface area (Å²) in [6.07, 6.45) is 0.215. The number of carbonyl (C=O) groups is 1. The molecule has 9 heteroatoms. The lowest BCUT2D eigenvalue weighted by Gasteiger charge is -2.04. The summed E-state index contributed by atoms with van der Waals surface area (Å²) in [6, 6.07) is 12.6. The van der Waals surface area contributed by atoms with Gasteiger partial charge in [0.05, 0.1) is 24.2 Å². The molecule has 0 spiro atoms. The van der Waals surface area contributed by atoms with Crippen molar-refractivity contribution < 1.29 is 9.53 Å². The Kier molecular flexibility index (Phi) is 5.21. The Morgan fingerprint density at radius 3 is 2.71 bits per heavy atom. The number of hydrogen-bond acceptors (Lipinski definition) is 5. The van der Waals surface area contributed by atoms with Crippen molar-refractivity contribution in [3.63, 3.8) is 0 Å². The van der Waals surface area contributed by atoms with Crippen LogP contribution in [-0.2, 0) is 11.2 Å². The van der Waals surface area contributed by atoms with Gasteiger partial charge in [-0.25, -0.2) is 4.52 Å². The zero-order valence-corrected chi connectivity index (χ0v) is 17.0. The number of hydrogen-bond donors (Lipinski definition) is 1. The highest BCUT2D eigenvalue weighted by atomic mass is 35.5. The lowest BCUT2D eigenvalue weighted by molar-refractivity contribution is -0.115. The number of nitrogens with one attached hydrogen (secondary N) is 1. The molecule has 0 bridgehead atoms. The molecule has 6 nitrogen and oxygen atoms in total. The molecule has 0 aliphatic rings. The Morgan fingerprint density at radius 2 is 2.00 bits per heavy atom. The first-order valence-electron chi connectivity index (χ1n) is 8.26. The van der Waals surface area contributed by atoms with Crippen LogP contribution in [0.5, 0.6) is 5.75 Å². The largest absolute Gasteiger partial charge is 0.497 e. The van der Waals surface area contributed by atoms with E-state index in [2.05, 4.69) is 15.4 Å². The summed E-state index contributed by atoms with van der Waals surface area (Å²) in [5.74, 6) is 0.791. The molecule has 0 atom stereocenters. The van der Waals surface area contributed by atoms with Crippen molar-refractivity contribution in [3.05, 3.63) is 63.5 Å². The summed E-state index contributed by atoms with van der Waals surface area (Å²) in [4.78, 5) is 17.3. The molecule has 142 valence electrons. The van der Waals surface area contributed by atoms with E-state index in [1.54, 1.807) is 23.8 Å². The van der Waals surface area contributed by atoms with Crippen LogP contribution in [-0.4, -0.2) is 27.6 Å². The first-order valence-corrected chi connectivity index (χ1v) is 9.89. The molecule has 0 radical (unpaired) electrons. The molecule has 28 heavy (non-hydrogen) atoms. The molecule has 0 aliphatic heterocycles. The van der Waals surface area contributed by atoms with Crippen molar-refractivity contribution >= 4 is 51.4 Å². The molecule has 4 aromatic rings. The minimum absolute atomic E-state index is 0.200. The second-order valence-corrected chi connectivity index (χ2v) is 7.63. The van der Waals surface area contributed by atoms with Crippen LogP contribution in [0.2, 0.25) is 10.0 Å². The lowest BCUT2D eigenvalue weighted by atomic mass is 10.1. The van der Waals surface area contributed by atoms with Gasteiger partial charge >= 0.3 is 0 Å². The van der Waals surface area contributed by atoms with Gasteiger partial charge in [0.2, 0.25) is 16.8 Å². The summed E-state index contributed by atoms with van der Waals surface area (Å²) < 4.78 is 6.77. The van der Waals surface area contributed by atoms with Crippen LogP contribution in [0, 0.1) is 0 Å². The van der Waals surface area contributed by atoms with Crippen molar-refractivity contribution in [2.24, 2.45) is 0 Å². The van der Waals surface area contributed by atoms with Gasteiger partial charge in [-0.05, 0) is 35.9 Å². The van der Waals surface area contributed by atoms with E-state index in [-0.39, 0.29) is 18.3 Å². The summed E-state index contributed by atoms with van der Waals surface area (Å²) in [6.45, 7) is 0. The highest BCUT2D eigenvalue weighted by molar-refractivity contribution is 7.15. The topological polar surface area (TPSA) is 68.5 Å². The van der Waals surface area contributed by atoms with E-state index in [9.17, 15) is 4.79 Å². The Labute approximate surface area is 174 Å². The number of aromatic nitrogens is 3. The zero-order chi connectivity index (χ0) is 19.7. The number of anilines is 1. The quantitative estimate of drug-likeness (QED) is 0.484. The third kappa shape index (κ3) is 3.82. The van der Waals surface area contributed by atoms with Crippen LogP contribution in [0.15, 0.2) is 47.8 Å². The maximum atomic E-state index is 12.3. The number of carbonyl (C=O) groups excluding carboxylic acids is 1. The number of fused-ring (bicyclic) bond motifs is 1. The van der Waals surface area contributed by atoms with E-state index in [0.29, 0.717) is 15.0 Å². The van der Waals surface area contributed by atoms with Crippen molar-refractivity contribution in [1.82, 2.24) is 14.6 Å². The molecular formula is C19H14Cl2N4O2S. The van der Waals surface area contributed by atoms with Crippen LogP contribution >= 0.6 is 34.5 Å². The van der Waals surface area contributed by atoms with Gasteiger partial charge in [-0.1, -0.05) is 35.3 Å². The number of halogens is 2. The normalized spacial score (nSPS) is 11.0. The molecule has 1 N–H and O–H groups in total. The van der Waals surface area contributed by atoms with Gasteiger partial charge in [-0.15, -0.1) is 16.4 Å². The average molecular weight is 433 g/mol. The predicted molar refractivity (Wildman–Crippen MR) is 112 cm³/mol. The number of thiazole rings is 1. The fourth-order valence-corrected chi connectivity index (χ4v) is 4.04. The van der Waals surface area contributed by atoms with Crippen LogP contribution in [0.3, 0.4) is 0 Å². The van der Waals surface area contributed by atoms with Gasteiger partial charge in [0.1, 0.15) is 5.75 Å². The van der Waals surface area contributed by atoms with Crippen molar-refractivity contribution in [2.75, 3.05) is 12.4 Å². The van der Waals surface area contributed by atoms with E-state index in [0.717, 1.165) is 22.6 Å². The molecule has 4 rings (SSSR count). The van der Waals surface area contributed by atoms with Gasteiger partial charge in [-0.3, -0.25) is 10.1 Å².